The molecule has 0 aliphatic carbocycles. The number of carbonyl (C=O) groups excluding carboxylic acids is 1. The number of anilines is 1. The van der Waals surface area contributed by atoms with Gasteiger partial charge in [0.25, 0.3) is 0 Å². The van der Waals surface area contributed by atoms with Crippen molar-refractivity contribution in [2.24, 2.45) is 5.10 Å². The van der Waals surface area contributed by atoms with E-state index >= 15 is 0 Å². The van der Waals surface area contributed by atoms with E-state index in [1.807, 2.05) is 54.4 Å². The Labute approximate surface area is 179 Å². The van der Waals surface area contributed by atoms with Gasteiger partial charge in [-0.05, 0) is 50.6 Å². The number of rotatable bonds is 10. The van der Waals surface area contributed by atoms with E-state index in [9.17, 15) is 4.79 Å². The van der Waals surface area contributed by atoms with Crippen molar-refractivity contribution in [3.8, 4) is 5.75 Å². The summed E-state index contributed by atoms with van der Waals surface area (Å²) in [5.41, 5.74) is 5.50. The first-order valence-corrected chi connectivity index (χ1v) is 10.6. The standard InChI is InChI=1S/C21H25N5O3S/c1-4-28-20(27)11-18-14-30-21(24-18)25-22-12-16-6-7-19(29-15(2)3)17(10-16)13-26-9-5-8-23-26/h5-10,12,14-15H,4,11,13H2,1-3H3,(H,24,25). The first-order valence-electron chi connectivity index (χ1n) is 9.69. The van der Waals surface area contributed by atoms with Crippen molar-refractivity contribution in [2.75, 3.05) is 12.0 Å². The lowest BCUT2D eigenvalue weighted by atomic mass is 10.1. The molecule has 0 radical (unpaired) electrons. The predicted molar refractivity (Wildman–Crippen MR) is 117 cm³/mol. The van der Waals surface area contributed by atoms with Crippen molar-refractivity contribution in [1.29, 1.82) is 0 Å². The van der Waals surface area contributed by atoms with Crippen LogP contribution >= 0.6 is 11.3 Å². The Morgan fingerprint density at radius 2 is 2.27 bits per heavy atom. The van der Waals surface area contributed by atoms with Gasteiger partial charge in [-0.25, -0.2) is 4.98 Å². The fourth-order valence-electron chi connectivity index (χ4n) is 2.70. The smallest absolute Gasteiger partial charge is 0.311 e. The van der Waals surface area contributed by atoms with Gasteiger partial charge in [-0.15, -0.1) is 11.3 Å². The first-order chi connectivity index (χ1) is 14.5. The lowest BCUT2D eigenvalue weighted by Crippen LogP contribution is -2.10. The largest absolute Gasteiger partial charge is 0.491 e. The quantitative estimate of drug-likeness (QED) is 0.301. The van der Waals surface area contributed by atoms with Gasteiger partial charge in [0.2, 0.25) is 5.13 Å². The van der Waals surface area contributed by atoms with E-state index in [1.165, 1.54) is 11.3 Å². The molecule has 3 rings (SSSR count). The molecule has 0 spiro atoms. The minimum Gasteiger partial charge on any atom is -0.491 e. The Morgan fingerprint density at radius 1 is 1.40 bits per heavy atom. The maximum Gasteiger partial charge on any atom is 0.311 e. The van der Waals surface area contributed by atoms with E-state index in [0.717, 1.165) is 16.9 Å². The summed E-state index contributed by atoms with van der Waals surface area (Å²) >= 11 is 1.38. The number of ether oxygens (including phenoxy) is 2. The molecule has 2 aromatic heterocycles. The molecule has 0 bridgehead atoms. The average Bonchev–Trinajstić information content (AvgIpc) is 3.36. The second-order valence-electron chi connectivity index (χ2n) is 6.73. The van der Waals surface area contributed by atoms with Gasteiger partial charge in [-0.1, -0.05) is 0 Å². The monoisotopic (exact) mass is 427 g/mol. The van der Waals surface area contributed by atoms with Gasteiger partial charge in [-0.3, -0.25) is 14.9 Å². The van der Waals surface area contributed by atoms with Crippen molar-refractivity contribution in [3.63, 3.8) is 0 Å². The van der Waals surface area contributed by atoms with Crippen LogP contribution in [-0.4, -0.2) is 39.7 Å². The van der Waals surface area contributed by atoms with Crippen LogP contribution in [0.15, 0.2) is 47.1 Å². The number of benzene rings is 1. The fraction of sp³-hybridized carbons (Fsp3) is 0.333. The molecule has 9 heteroatoms. The minimum absolute atomic E-state index is 0.0799. The zero-order valence-electron chi connectivity index (χ0n) is 17.2. The van der Waals surface area contributed by atoms with E-state index in [0.29, 0.717) is 24.0 Å². The molecule has 1 aromatic carbocycles. The highest BCUT2D eigenvalue weighted by molar-refractivity contribution is 7.13. The summed E-state index contributed by atoms with van der Waals surface area (Å²) in [6, 6.07) is 7.81. The molecule has 0 saturated heterocycles. The Hall–Kier alpha value is -3.20. The maximum absolute atomic E-state index is 11.5. The van der Waals surface area contributed by atoms with Crippen LogP contribution in [0.2, 0.25) is 0 Å². The summed E-state index contributed by atoms with van der Waals surface area (Å²) in [7, 11) is 0. The first kappa shape index (κ1) is 21.5. The van der Waals surface area contributed by atoms with Crippen LogP contribution in [0.1, 0.15) is 37.6 Å². The van der Waals surface area contributed by atoms with E-state index in [4.69, 9.17) is 9.47 Å². The third kappa shape index (κ3) is 6.41. The molecule has 0 amide bonds. The molecule has 30 heavy (non-hydrogen) atoms. The maximum atomic E-state index is 11.5. The van der Waals surface area contributed by atoms with Crippen LogP contribution < -0.4 is 10.2 Å². The van der Waals surface area contributed by atoms with Gasteiger partial charge < -0.3 is 9.47 Å². The van der Waals surface area contributed by atoms with Crippen LogP contribution in [0, 0.1) is 0 Å². The van der Waals surface area contributed by atoms with Gasteiger partial charge in [0.15, 0.2) is 0 Å². The fourth-order valence-corrected chi connectivity index (χ4v) is 3.36. The molecule has 1 N–H and O–H groups in total. The lowest BCUT2D eigenvalue weighted by Gasteiger charge is -2.15. The number of carbonyl (C=O) groups is 1. The summed E-state index contributed by atoms with van der Waals surface area (Å²) < 4.78 is 12.7. The summed E-state index contributed by atoms with van der Waals surface area (Å²) in [6.07, 6.45) is 5.62. The molecule has 0 unspecified atom stereocenters. The van der Waals surface area contributed by atoms with Gasteiger partial charge in [0.1, 0.15) is 5.75 Å². The van der Waals surface area contributed by atoms with Crippen molar-refractivity contribution < 1.29 is 14.3 Å². The third-order valence-corrected chi connectivity index (χ3v) is 4.69. The van der Waals surface area contributed by atoms with Crippen LogP contribution in [-0.2, 0) is 22.5 Å². The Bertz CT molecular complexity index is 982. The molecule has 0 saturated carbocycles. The number of aromatic nitrogens is 3. The highest BCUT2D eigenvalue weighted by Crippen LogP contribution is 2.22. The molecule has 3 aromatic rings. The molecule has 2 heterocycles. The number of esters is 1. The lowest BCUT2D eigenvalue weighted by molar-refractivity contribution is -0.142. The molecule has 0 fully saturated rings. The number of hydrogen-bond donors (Lipinski definition) is 1. The van der Waals surface area contributed by atoms with E-state index in [2.05, 4.69) is 20.6 Å². The van der Waals surface area contributed by atoms with Crippen LogP contribution in [0.5, 0.6) is 5.75 Å². The zero-order valence-corrected chi connectivity index (χ0v) is 18.1. The second-order valence-corrected chi connectivity index (χ2v) is 7.59. The molecule has 0 aliphatic heterocycles. The molecule has 8 nitrogen and oxygen atoms in total. The molecular weight excluding hydrogens is 402 g/mol. The predicted octanol–water partition coefficient (Wildman–Crippen LogP) is 3.73. The zero-order chi connectivity index (χ0) is 21.3. The average molecular weight is 428 g/mol. The topological polar surface area (TPSA) is 90.6 Å². The van der Waals surface area contributed by atoms with Crippen LogP contribution in [0.25, 0.3) is 0 Å². The van der Waals surface area contributed by atoms with Crippen molar-refractivity contribution >= 4 is 28.7 Å². The van der Waals surface area contributed by atoms with Gasteiger partial charge >= 0.3 is 5.97 Å². The minimum atomic E-state index is -0.286. The molecule has 0 atom stereocenters. The molecular formula is C21H25N5O3S. The number of hydrazone groups is 1. The summed E-state index contributed by atoms with van der Waals surface area (Å²) in [6.45, 7) is 6.75. The summed E-state index contributed by atoms with van der Waals surface area (Å²) in [4.78, 5) is 15.9. The Morgan fingerprint density at radius 3 is 3.00 bits per heavy atom. The Kier molecular flexibility index (Phi) is 7.56. The SMILES string of the molecule is CCOC(=O)Cc1csc(NN=Cc2ccc(OC(C)C)c(Cn3cccn3)c2)n1. The van der Waals surface area contributed by atoms with Crippen LogP contribution in [0.4, 0.5) is 5.13 Å². The number of nitrogens with zero attached hydrogens (tertiary/aromatic N) is 4. The van der Waals surface area contributed by atoms with E-state index < -0.39 is 0 Å². The molecule has 0 aliphatic rings. The van der Waals surface area contributed by atoms with E-state index in [-0.39, 0.29) is 18.5 Å². The normalized spacial score (nSPS) is 11.2. The number of thiazole rings is 1. The molecule has 158 valence electrons. The van der Waals surface area contributed by atoms with E-state index in [1.54, 1.807) is 19.3 Å². The highest BCUT2D eigenvalue weighted by Gasteiger charge is 2.09. The summed E-state index contributed by atoms with van der Waals surface area (Å²) in [5.74, 6) is 0.542. The van der Waals surface area contributed by atoms with Crippen molar-refractivity contribution in [1.82, 2.24) is 14.8 Å². The third-order valence-electron chi connectivity index (χ3n) is 3.90. The van der Waals surface area contributed by atoms with Crippen molar-refractivity contribution in [3.05, 3.63) is 58.9 Å². The second kappa shape index (κ2) is 10.5. The van der Waals surface area contributed by atoms with Crippen molar-refractivity contribution in [2.45, 2.75) is 39.8 Å². The highest BCUT2D eigenvalue weighted by atomic mass is 32.1. The number of nitrogens with one attached hydrogen (secondary N) is 1. The van der Waals surface area contributed by atoms with Gasteiger partial charge in [0, 0.05) is 23.3 Å². The number of hydrogen-bond acceptors (Lipinski definition) is 8. The van der Waals surface area contributed by atoms with Gasteiger partial charge in [-0.2, -0.15) is 10.2 Å². The summed E-state index contributed by atoms with van der Waals surface area (Å²) in [5, 5.41) is 11.0. The van der Waals surface area contributed by atoms with Crippen LogP contribution in [0.3, 0.4) is 0 Å². The van der Waals surface area contributed by atoms with Gasteiger partial charge in [0.05, 0.1) is 37.6 Å². The Balaban J connectivity index is 1.66.